The molecule has 0 fully saturated rings. The van der Waals surface area contributed by atoms with Crippen molar-refractivity contribution in [2.45, 2.75) is 90.9 Å². The van der Waals surface area contributed by atoms with E-state index in [1.807, 2.05) is 36.4 Å². The largest absolute Gasteiger partial charge is 0.494 e. The Bertz CT molecular complexity index is 1410. The summed E-state index contributed by atoms with van der Waals surface area (Å²) in [6, 6.07) is 20.5. The number of unbranched alkanes of at least 4 members (excludes halogenated alkanes) is 10. The molecule has 0 saturated heterocycles. The van der Waals surface area contributed by atoms with E-state index in [2.05, 4.69) is 70.0 Å². The van der Waals surface area contributed by atoms with Crippen LogP contribution in [-0.2, 0) is 0 Å². The molecule has 224 valence electrons. The zero-order valence-electron chi connectivity index (χ0n) is 25.1. The quantitative estimate of drug-likeness (QED) is 0.0972. The van der Waals surface area contributed by atoms with Gasteiger partial charge in [0.05, 0.1) is 34.6 Å². The molecule has 0 bridgehead atoms. The van der Waals surface area contributed by atoms with Crippen LogP contribution in [0.5, 0.6) is 11.5 Å². The third kappa shape index (κ3) is 9.54. The van der Waals surface area contributed by atoms with Crippen molar-refractivity contribution in [3.63, 3.8) is 0 Å². The first-order chi connectivity index (χ1) is 20.6. The van der Waals surface area contributed by atoms with Gasteiger partial charge in [0.25, 0.3) is 0 Å². The first-order valence-corrected chi connectivity index (χ1v) is 17.3. The fourth-order valence-corrected chi connectivity index (χ4v) is 5.82. The lowest BCUT2D eigenvalue weighted by molar-refractivity contribution is 0.304. The topological polar surface area (TPSA) is 44.2 Å². The van der Waals surface area contributed by atoms with E-state index in [0.717, 1.165) is 80.0 Å². The average molecular weight is 697 g/mol. The summed E-state index contributed by atoms with van der Waals surface area (Å²) in [5.74, 6) is 1.72. The van der Waals surface area contributed by atoms with Crippen molar-refractivity contribution in [2.24, 2.45) is 0 Å². The maximum absolute atomic E-state index is 6.17. The van der Waals surface area contributed by atoms with E-state index in [0.29, 0.717) is 0 Å². The second-order valence-corrected chi connectivity index (χ2v) is 12.6. The molecule has 0 saturated carbocycles. The standard InChI is InChI=1S/C36H44Br2N2O2/c1-3-5-7-9-11-13-23-41-29-19-15-17-27(25-29)34-35(40-36-32(39-34)22-21-31(37)33(36)38)28-18-16-20-30(26-28)42-24-14-12-10-8-6-4-2/h15-22,25-26H,3-14,23-24H2,1-2H3. The monoisotopic (exact) mass is 694 g/mol. The number of ether oxygens (including phenoxy) is 2. The number of halogens is 2. The number of hydrogen-bond acceptors (Lipinski definition) is 4. The smallest absolute Gasteiger partial charge is 0.119 e. The van der Waals surface area contributed by atoms with Crippen LogP contribution in [0.4, 0.5) is 0 Å². The maximum atomic E-state index is 6.17. The summed E-state index contributed by atoms with van der Waals surface area (Å²) < 4.78 is 14.2. The fourth-order valence-electron chi connectivity index (χ4n) is 5.08. The molecule has 4 nitrogen and oxygen atoms in total. The number of rotatable bonds is 18. The van der Waals surface area contributed by atoms with E-state index in [1.54, 1.807) is 0 Å². The second-order valence-electron chi connectivity index (χ2n) is 10.9. The lowest BCUT2D eigenvalue weighted by atomic mass is 10.0. The van der Waals surface area contributed by atoms with Gasteiger partial charge in [-0.2, -0.15) is 0 Å². The average Bonchev–Trinajstić information content (AvgIpc) is 3.02. The fraction of sp³-hybridized carbons (Fsp3) is 0.444. The summed E-state index contributed by atoms with van der Waals surface area (Å²) in [7, 11) is 0. The third-order valence-corrected chi connectivity index (χ3v) is 9.47. The highest BCUT2D eigenvalue weighted by molar-refractivity contribution is 9.13. The SMILES string of the molecule is CCCCCCCCOc1cccc(-c2nc3ccc(Br)c(Br)c3nc2-c2cccc(OCCCCCCCC)c2)c1. The minimum atomic E-state index is 0.725. The minimum Gasteiger partial charge on any atom is -0.494 e. The molecule has 0 spiro atoms. The lowest BCUT2D eigenvalue weighted by Crippen LogP contribution is -2.00. The molecular weight excluding hydrogens is 652 g/mol. The van der Waals surface area contributed by atoms with E-state index in [-0.39, 0.29) is 0 Å². The molecule has 0 radical (unpaired) electrons. The van der Waals surface area contributed by atoms with Gasteiger partial charge in [-0.15, -0.1) is 0 Å². The molecular formula is C36H44Br2N2O2. The van der Waals surface area contributed by atoms with Crippen LogP contribution in [0.1, 0.15) is 90.9 Å². The zero-order chi connectivity index (χ0) is 29.6. The van der Waals surface area contributed by atoms with Crippen LogP contribution >= 0.6 is 31.9 Å². The first-order valence-electron chi connectivity index (χ1n) is 15.7. The molecule has 4 aromatic rings. The normalized spacial score (nSPS) is 11.2. The molecule has 3 aromatic carbocycles. The van der Waals surface area contributed by atoms with Gasteiger partial charge in [0, 0.05) is 15.6 Å². The second kappa shape index (κ2) is 17.6. The van der Waals surface area contributed by atoms with Crippen LogP contribution in [0.15, 0.2) is 69.6 Å². The van der Waals surface area contributed by atoms with Gasteiger partial charge >= 0.3 is 0 Å². The molecule has 1 aromatic heterocycles. The van der Waals surface area contributed by atoms with E-state index in [1.165, 1.54) is 64.2 Å². The first kappa shape index (κ1) is 32.5. The van der Waals surface area contributed by atoms with Crippen LogP contribution in [-0.4, -0.2) is 23.2 Å². The van der Waals surface area contributed by atoms with Gasteiger partial charge in [-0.3, -0.25) is 0 Å². The molecule has 0 aliphatic rings. The van der Waals surface area contributed by atoms with Gasteiger partial charge in [0.2, 0.25) is 0 Å². The summed E-state index contributed by atoms with van der Waals surface area (Å²) in [4.78, 5) is 10.3. The molecule has 4 rings (SSSR count). The van der Waals surface area contributed by atoms with Crippen LogP contribution in [0.25, 0.3) is 33.5 Å². The van der Waals surface area contributed by atoms with Crippen molar-refractivity contribution in [1.29, 1.82) is 0 Å². The van der Waals surface area contributed by atoms with Gasteiger partial charge in [0.15, 0.2) is 0 Å². The predicted molar refractivity (Wildman–Crippen MR) is 184 cm³/mol. The zero-order valence-corrected chi connectivity index (χ0v) is 28.3. The number of benzene rings is 3. The van der Waals surface area contributed by atoms with Crippen LogP contribution in [0.2, 0.25) is 0 Å². The minimum absolute atomic E-state index is 0.725. The lowest BCUT2D eigenvalue weighted by Gasteiger charge is -2.14. The Morgan fingerprint density at radius 3 is 1.62 bits per heavy atom. The molecule has 42 heavy (non-hydrogen) atoms. The molecule has 1 heterocycles. The maximum Gasteiger partial charge on any atom is 0.119 e. The Morgan fingerprint density at radius 1 is 0.571 bits per heavy atom. The summed E-state index contributed by atoms with van der Waals surface area (Å²) in [6.07, 6.45) is 14.9. The van der Waals surface area contributed by atoms with Gasteiger partial charge in [-0.1, -0.05) is 102 Å². The number of nitrogens with zero attached hydrogens (tertiary/aromatic N) is 2. The van der Waals surface area contributed by atoms with E-state index in [4.69, 9.17) is 19.4 Å². The van der Waals surface area contributed by atoms with E-state index >= 15 is 0 Å². The van der Waals surface area contributed by atoms with Gasteiger partial charge in [-0.25, -0.2) is 9.97 Å². The molecule has 0 atom stereocenters. The third-order valence-electron chi connectivity index (χ3n) is 7.48. The number of hydrogen-bond donors (Lipinski definition) is 0. The summed E-state index contributed by atoms with van der Waals surface area (Å²) in [5, 5.41) is 0. The summed E-state index contributed by atoms with van der Waals surface area (Å²) >= 11 is 7.35. The van der Waals surface area contributed by atoms with Crippen molar-refractivity contribution >= 4 is 42.9 Å². The highest BCUT2D eigenvalue weighted by Gasteiger charge is 2.17. The van der Waals surface area contributed by atoms with E-state index in [9.17, 15) is 0 Å². The van der Waals surface area contributed by atoms with Crippen molar-refractivity contribution in [3.05, 3.63) is 69.6 Å². The van der Waals surface area contributed by atoms with Crippen LogP contribution in [0, 0.1) is 0 Å². The molecule has 0 aliphatic carbocycles. The molecule has 0 N–H and O–H groups in total. The van der Waals surface area contributed by atoms with Crippen molar-refractivity contribution < 1.29 is 9.47 Å². The molecule has 6 heteroatoms. The van der Waals surface area contributed by atoms with Gasteiger partial charge in [-0.05, 0) is 81.1 Å². The Morgan fingerprint density at radius 2 is 1.07 bits per heavy atom. The number of aromatic nitrogens is 2. The van der Waals surface area contributed by atoms with Crippen molar-refractivity contribution in [1.82, 2.24) is 9.97 Å². The Hall–Kier alpha value is -2.44. The van der Waals surface area contributed by atoms with Crippen LogP contribution in [0.3, 0.4) is 0 Å². The molecule has 0 amide bonds. The van der Waals surface area contributed by atoms with Crippen LogP contribution < -0.4 is 9.47 Å². The molecule has 0 unspecified atom stereocenters. The summed E-state index contributed by atoms with van der Waals surface area (Å²) in [6.45, 7) is 5.95. The number of fused-ring (bicyclic) bond motifs is 1. The van der Waals surface area contributed by atoms with Gasteiger partial charge < -0.3 is 9.47 Å². The van der Waals surface area contributed by atoms with E-state index < -0.39 is 0 Å². The Kier molecular flexibility index (Phi) is 13.6. The summed E-state index contributed by atoms with van der Waals surface area (Å²) in [5.41, 5.74) is 5.26. The van der Waals surface area contributed by atoms with Crippen molar-refractivity contribution in [2.75, 3.05) is 13.2 Å². The van der Waals surface area contributed by atoms with Crippen molar-refractivity contribution in [3.8, 4) is 34.0 Å². The Labute approximate surface area is 268 Å². The molecule has 0 aliphatic heterocycles. The predicted octanol–water partition coefficient (Wildman–Crippen LogP) is 12.0. The Balaban J connectivity index is 1.56. The highest BCUT2D eigenvalue weighted by atomic mass is 79.9. The van der Waals surface area contributed by atoms with Gasteiger partial charge in [0.1, 0.15) is 17.0 Å². The highest BCUT2D eigenvalue weighted by Crippen LogP contribution is 2.37.